The third kappa shape index (κ3) is 5.67. The lowest BCUT2D eigenvalue weighted by Crippen LogP contribution is -2.34. The van der Waals surface area contributed by atoms with E-state index >= 15 is 0 Å². The van der Waals surface area contributed by atoms with Crippen molar-refractivity contribution in [2.24, 2.45) is 5.41 Å². The molecule has 3 heteroatoms. The zero-order valence-corrected chi connectivity index (χ0v) is 13.0. The molecule has 0 unspecified atom stereocenters. The maximum atomic E-state index is 11.7. The predicted octanol–water partition coefficient (Wildman–Crippen LogP) is 3.46. The van der Waals surface area contributed by atoms with Crippen LogP contribution in [-0.4, -0.2) is 17.8 Å². The van der Waals surface area contributed by atoms with Crippen molar-refractivity contribution in [3.63, 3.8) is 0 Å². The van der Waals surface area contributed by atoms with Crippen molar-refractivity contribution in [2.45, 2.75) is 33.6 Å². The molecule has 0 bridgehead atoms. The van der Waals surface area contributed by atoms with Gasteiger partial charge in [0.2, 0.25) is 5.91 Å². The van der Waals surface area contributed by atoms with Crippen molar-refractivity contribution >= 4 is 21.8 Å². The minimum atomic E-state index is 0.110. The summed E-state index contributed by atoms with van der Waals surface area (Å²) < 4.78 is 0. The Morgan fingerprint density at radius 2 is 2.11 bits per heavy atom. The first kappa shape index (κ1) is 15.2. The number of alkyl halides is 1. The molecule has 0 aliphatic carbocycles. The van der Waals surface area contributed by atoms with E-state index in [1.165, 1.54) is 11.1 Å². The van der Waals surface area contributed by atoms with Crippen molar-refractivity contribution in [3.8, 4) is 0 Å². The molecule has 0 atom stereocenters. The summed E-state index contributed by atoms with van der Waals surface area (Å²) in [6.45, 7) is 7.04. The van der Waals surface area contributed by atoms with Crippen LogP contribution in [0.5, 0.6) is 0 Å². The Hall–Kier alpha value is -0.830. The van der Waals surface area contributed by atoms with Gasteiger partial charge in [0.15, 0.2) is 0 Å². The third-order valence-electron chi connectivity index (χ3n) is 2.85. The molecule has 1 aromatic rings. The van der Waals surface area contributed by atoms with Gasteiger partial charge in [-0.2, -0.15) is 0 Å². The molecule has 1 aromatic carbocycles. The highest BCUT2D eigenvalue weighted by Crippen LogP contribution is 2.16. The molecule has 18 heavy (non-hydrogen) atoms. The number of benzene rings is 1. The highest BCUT2D eigenvalue weighted by atomic mass is 79.9. The van der Waals surface area contributed by atoms with Crippen LogP contribution in [0.3, 0.4) is 0 Å². The Labute approximate surface area is 118 Å². The van der Waals surface area contributed by atoms with Gasteiger partial charge in [0.1, 0.15) is 0 Å². The number of rotatable bonds is 6. The van der Waals surface area contributed by atoms with E-state index in [4.69, 9.17) is 0 Å². The highest BCUT2D eigenvalue weighted by Gasteiger charge is 2.16. The lowest BCUT2D eigenvalue weighted by Gasteiger charge is -2.21. The van der Waals surface area contributed by atoms with E-state index in [0.29, 0.717) is 13.0 Å². The molecule has 0 fully saturated rings. The lowest BCUT2D eigenvalue weighted by atomic mass is 9.97. The van der Waals surface area contributed by atoms with Gasteiger partial charge in [0, 0.05) is 18.3 Å². The summed E-state index contributed by atoms with van der Waals surface area (Å²) in [5.74, 6) is 0.130. The molecule has 1 N–H and O–H groups in total. The fourth-order valence-corrected chi connectivity index (χ4v) is 1.80. The summed E-state index contributed by atoms with van der Waals surface area (Å²) in [6, 6.07) is 8.32. The quantitative estimate of drug-likeness (QED) is 0.801. The van der Waals surface area contributed by atoms with E-state index in [9.17, 15) is 4.79 Å². The fourth-order valence-electron chi connectivity index (χ4n) is 1.60. The van der Waals surface area contributed by atoms with Crippen molar-refractivity contribution in [1.29, 1.82) is 0 Å². The molecule has 0 saturated carbocycles. The third-order valence-corrected chi connectivity index (χ3v) is 4.37. The van der Waals surface area contributed by atoms with Crippen LogP contribution in [0.2, 0.25) is 0 Å². The van der Waals surface area contributed by atoms with Crippen LogP contribution in [0.25, 0.3) is 0 Å². The molecule has 0 aromatic heterocycles. The predicted molar refractivity (Wildman–Crippen MR) is 80.1 cm³/mol. The van der Waals surface area contributed by atoms with E-state index in [0.717, 1.165) is 11.8 Å². The van der Waals surface area contributed by atoms with Crippen molar-refractivity contribution in [3.05, 3.63) is 35.4 Å². The number of nitrogens with one attached hydrogen (secondary N) is 1. The van der Waals surface area contributed by atoms with Crippen molar-refractivity contribution in [1.82, 2.24) is 5.32 Å². The first-order chi connectivity index (χ1) is 8.43. The Kier molecular flexibility index (Phi) is 5.86. The summed E-state index contributed by atoms with van der Waals surface area (Å²) >= 11 is 3.45. The summed E-state index contributed by atoms with van der Waals surface area (Å²) in [6.07, 6.45) is 1.37. The van der Waals surface area contributed by atoms with Crippen LogP contribution in [0.4, 0.5) is 0 Å². The van der Waals surface area contributed by atoms with Gasteiger partial charge in [-0.3, -0.25) is 4.79 Å². The fraction of sp³-hybridized carbons (Fsp3) is 0.533. The zero-order chi connectivity index (χ0) is 13.6. The van der Waals surface area contributed by atoms with Gasteiger partial charge >= 0.3 is 0 Å². The maximum Gasteiger partial charge on any atom is 0.220 e. The molecule has 0 radical (unpaired) electrons. The number of hydrogen-bond donors (Lipinski definition) is 1. The SMILES string of the molecule is Cc1cccc(CCC(=O)NCC(C)(C)CBr)c1. The van der Waals surface area contributed by atoms with E-state index in [2.05, 4.69) is 60.2 Å². The van der Waals surface area contributed by atoms with Crippen LogP contribution >= 0.6 is 15.9 Å². The van der Waals surface area contributed by atoms with E-state index in [1.54, 1.807) is 0 Å². The number of amides is 1. The van der Waals surface area contributed by atoms with Crippen LogP contribution in [0.15, 0.2) is 24.3 Å². The second-order valence-electron chi connectivity index (χ2n) is 5.56. The summed E-state index contributed by atoms with van der Waals surface area (Å²) in [4.78, 5) is 11.7. The highest BCUT2D eigenvalue weighted by molar-refractivity contribution is 9.09. The molecular weight excluding hydrogens is 290 g/mol. The van der Waals surface area contributed by atoms with Gasteiger partial charge in [-0.05, 0) is 24.3 Å². The minimum absolute atomic E-state index is 0.110. The van der Waals surface area contributed by atoms with E-state index in [1.807, 2.05) is 6.07 Å². The Bertz CT molecular complexity index is 401. The second kappa shape index (κ2) is 6.93. The molecule has 0 aliphatic heterocycles. The van der Waals surface area contributed by atoms with E-state index < -0.39 is 0 Å². The van der Waals surface area contributed by atoms with Crippen LogP contribution in [0.1, 0.15) is 31.4 Å². The van der Waals surface area contributed by atoms with Crippen molar-refractivity contribution in [2.75, 3.05) is 11.9 Å². The van der Waals surface area contributed by atoms with E-state index in [-0.39, 0.29) is 11.3 Å². The Morgan fingerprint density at radius 3 is 2.72 bits per heavy atom. The number of carbonyl (C=O) groups excluding carboxylic acids is 1. The number of carbonyl (C=O) groups is 1. The van der Waals surface area contributed by atoms with Crippen LogP contribution < -0.4 is 5.32 Å². The van der Waals surface area contributed by atoms with Gasteiger partial charge in [0.05, 0.1) is 0 Å². The molecule has 0 spiro atoms. The van der Waals surface area contributed by atoms with Gasteiger partial charge in [0.25, 0.3) is 0 Å². The molecule has 0 heterocycles. The van der Waals surface area contributed by atoms with Gasteiger partial charge in [-0.15, -0.1) is 0 Å². The largest absolute Gasteiger partial charge is 0.356 e. The Balaban J connectivity index is 2.34. The second-order valence-corrected chi connectivity index (χ2v) is 6.12. The van der Waals surface area contributed by atoms with Gasteiger partial charge in [-0.1, -0.05) is 59.6 Å². The first-order valence-electron chi connectivity index (χ1n) is 6.31. The summed E-state index contributed by atoms with van der Waals surface area (Å²) in [7, 11) is 0. The molecule has 100 valence electrons. The monoisotopic (exact) mass is 311 g/mol. The lowest BCUT2D eigenvalue weighted by molar-refractivity contribution is -0.121. The number of hydrogen-bond acceptors (Lipinski definition) is 1. The van der Waals surface area contributed by atoms with Gasteiger partial charge < -0.3 is 5.32 Å². The summed E-state index contributed by atoms with van der Waals surface area (Å²) in [5, 5.41) is 3.88. The molecular formula is C15H22BrNO. The average molecular weight is 312 g/mol. The molecule has 0 saturated heterocycles. The smallest absolute Gasteiger partial charge is 0.220 e. The number of halogens is 1. The van der Waals surface area contributed by atoms with Crippen molar-refractivity contribution < 1.29 is 4.79 Å². The topological polar surface area (TPSA) is 29.1 Å². The maximum absolute atomic E-state index is 11.7. The molecule has 1 rings (SSSR count). The zero-order valence-electron chi connectivity index (χ0n) is 11.4. The van der Waals surface area contributed by atoms with Crippen LogP contribution in [0, 0.1) is 12.3 Å². The van der Waals surface area contributed by atoms with Gasteiger partial charge in [-0.25, -0.2) is 0 Å². The molecule has 2 nitrogen and oxygen atoms in total. The normalized spacial score (nSPS) is 11.3. The summed E-state index contributed by atoms with van der Waals surface area (Å²) in [5.41, 5.74) is 2.58. The minimum Gasteiger partial charge on any atom is -0.356 e. The number of aryl methyl sites for hydroxylation is 2. The van der Waals surface area contributed by atoms with Crippen LogP contribution in [-0.2, 0) is 11.2 Å². The first-order valence-corrected chi connectivity index (χ1v) is 7.43. The molecule has 1 amide bonds. The standard InChI is InChI=1S/C15H22BrNO/c1-12-5-4-6-13(9-12)7-8-14(18)17-11-15(2,3)10-16/h4-6,9H,7-8,10-11H2,1-3H3,(H,17,18). The average Bonchev–Trinajstić information content (AvgIpc) is 2.34. The Morgan fingerprint density at radius 1 is 1.39 bits per heavy atom. The molecule has 0 aliphatic rings.